The van der Waals surface area contributed by atoms with Gasteiger partial charge in [-0.3, -0.25) is 24.0 Å². The fraction of sp³-hybridized carbons (Fsp3) is 0.532. The van der Waals surface area contributed by atoms with Gasteiger partial charge in [-0.25, -0.2) is 0 Å². The maximum Gasteiger partial charge on any atom is 0.303 e. The lowest BCUT2D eigenvalue weighted by atomic mass is 9.93. The minimum absolute atomic E-state index is 0.0690. The molecule has 0 aliphatic carbocycles. The second-order valence-electron chi connectivity index (χ2n) is 22.7. The molecule has 23 heteroatoms. The molecule has 0 saturated carbocycles. The van der Waals surface area contributed by atoms with Crippen LogP contribution in [0.1, 0.15) is 78.4 Å². The third-order valence-electron chi connectivity index (χ3n) is 15.1. The number of hydrogen-bond donors (Lipinski definition) is 1. The summed E-state index contributed by atoms with van der Waals surface area (Å²) in [5.41, 5.74) is 2.35. The maximum atomic E-state index is 13.8. The van der Waals surface area contributed by atoms with E-state index in [0.717, 1.165) is 25.0 Å². The average molecular weight is 1200 g/mol. The number of fused-ring (bicyclic) bond motifs is 1. The molecule has 0 aromatic heterocycles. The molecule has 4 aromatic carbocycles. The predicted molar refractivity (Wildman–Crippen MR) is 303 cm³/mol. The first-order valence-corrected chi connectivity index (χ1v) is 31.3. The Morgan fingerprint density at radius 1 is 0.565 bits per heavy atom. The van der Waals surface area contributed by atoms with E-state index >= 15 is 0 Å². The lowest BCUT2D eigenvalue weighted by Gasteiger charge is -2.53. The summed E-state index contributed by atoms with van der Waals surface area (Å²) in [4.78, 5) is 66.1. The van der Waals surface area contributed by atoms with E-state index in [1.54, 1.807) is 55.6 Å². The summed E-state index contributed by atoms with van der Waals surface area (Å²) in [5.74, 6) is -2.71. The largest absolute Gasteiger partial charge is 0.497 e. The van der Waals surface area contributed by atoms with Gasteiger partial charge in [0.15, 0.2) is 45.5 Å². The van der Waals surface area contributed by atoms with Gasteiger partial charge in [-0.1, -0.05) is 112 Å². The molecule has 4 aliphatic rings. The number of carbonyl (C=O) groups excluding carboxylic acids is 5. The van der Waals surface area contributed by atoms with Crippen LogP contribution in [0.3, 0.4) is 0 Å². The molecular formula is C62H79NO21Si. The van der Waals surface area contributed by atoms with E-state index in [9.17, 15) is 24.0 Å². The minimum Gasteiger partial charge on any atom is -0.497 e. The fourth-order valence-corrected chi connectivity index (χ4v) is 11.4. The standard InChI is InChI=1S/C62H79NO21Si/c1-36(64)63-49-53(83-61-57(76-40(5)68)54(75-39(4)67)51-48(80-61)35-73-58(81-51)43-25-19-14-20-26-43)50(74-38(3)66)47(34-71-37(2)65)78-59(49)82-52-46(33-70-31-41-21-15-12-16-22-41)79-60(77-45-29-27-44(69-9)28-30-45)56(72-32-42-23-17-13-18-24-42)55(52)84-85(10,11)62(6,7)8/h12-30,46-61H,31-35H2,1-11H3,(H,63,64)/t46-,47-,48-,49-,50+,51+,52+,53-,54+,55+,56-,57-,58?,59+,60-,61+/m1/s1. The van der Waals surface area contributed by atoms with Crippen LogP contribution in [0.25, 0.3) is 0 Å². The van der Waals surface area contributed by atoms with Gasteiger partial charge in [0.2, 0.25) is 12.2 Å². The number of nitrogens with one attached hydrogen (secondary N) is 1. The zero-order valence-electron chi connectivity index (χ0n) is 49.8. The lowest BCUT2D eigenvalue weighted by Crippen LogP contribution is -2.71. The normalized spacial score (nSPS) is 29.5. The Hall–Kier alpha value is -6.35. The van der Waals surface area contributed by atoms with Crippen molar-refractivity contribution in [3.05, 3.63) is 132 Å². The molecule has 4 heterocycles. The van der Waals surface area contributed by atoms with Crippen molar-refractivity contribution in [2.24, 2.45) is 0 Å². The summed E-state index contributed by atoms with van der Waals surface area (Å²) in [7, 11) is -1.36. The van der Waals surface area contributed by atoms with Crippen molar-refractivity contribution in [2.45, 2.75) is 185 Å². The van der Waals surface area contributed by atoms with Crippen molar-refractivity contribution in [3.63, 3.8) is 0 Å². The Labute approximate surface area is 496 Å². The highest BCUT2D eigenvalue weighted by atomic mass is 28.4. The highest BCUT2D eigenvalue weighted by Gasteiger charge is 2.60. The van der Waals surface area contributed by atoms with E-state index in [-0.39, 0.29) is 26.4 Å². The smallest absolute Gasteiger partial charge is 0.303 e. The van der Waals surface area contributed by atoms with Gasteiger partial charge in [-0.2, -0.15) is 0 Å². The van der Waals surface area contributed by atoms with E-state index < -0.39 is 148 Å². The number of hydrogen-bond acceptors (Lipinski definition) is 21. The van der Waals surface area contributed by atoms with E-state index in [2.05, 4.69) is 39.2 Å². The van der Waals surface area contributed by atoms with E-state index in [0.29, 0.717) is 17.1 Å². The highest BCUT2D eigenvalue weighted by molar-refractivity contribution is 6.74. The number of benzene rings is 4. The van der Waals surface area contributed by atoms with Crippen LogP contribution < -0.4 is 14.8 Å². The lowest BCUT2D eigenvalue weighted by molar-refractivity contribution is -0.384. The van der Waals surface area contributed by atoms with Gasteiger partial charge in [-0.15, -0.1) is 0 Å². The van der Waals surface area contributed by atoms with E-state index in [1.165, 1.54) is 20.8 Å². The monoisotopic (exact) mass is 1200 g/mol. The Morgan fingerprint density at radius 3 is 1.71 bits per heavy atom. The van der Waals surface area contributed by atoms with Crippen molar-refractivity contribution < 1.29 is 99.5 Å². The fourth-order valence-electron chi connectivity index (χ4n) is 10.1. The molecule has 1 amide bonds. The Morgan fingerprint density at radius 2 is 1.12 bits per heavy atom. The summed E-state index contributed by atoms with van der Waals surface area (Å²) >= 11 is 0. The number of esters is 4. The number of rotatable bonds is 23. The van der Waals surface area contributed by atoms with Gasteiger partial charge >= 0.3 is 23.9 Å². The molecule has 85 heavy (non-hydrogen) atoms. The van der Waals surface area contributed by atoms with Crippen molar-refractivity contribution in [3.8, 4) is 11.5 Å². The molecule has 462 valence electrons. The Kier molecular flexibility index (Phi) is 22.3. The molecule has 4 aromatic rings. The number of amides is 1. The SMILES string of the molecule is COc1ccc(O[C@@H]2O[C@H](COCc3ccccc3)[C@H](O[C@@H]3O[C@H](COC(C)=O)[C@H](OC(C)=O)[C@H](O[C@@H]4O[C@@H]5COC(c6ccccc6)O[C@@H]5[C@H](OC(C)=O)[C@H]4OC(C)=O)[C@H]3NC(C)=O)[C@H](O[Si](C)(C)C(C)(C)C)[C@H]2OCc2ccccc2)cc1. The van der Waals surface area contributed by atoms with Crippen LogP contribution in [0.4, 0.5) is 0 Å². The van der Waals surface area contributed by atoms with Crippen LogP contribution in [-0.2, 0) is 103 Å². The van der Waals surface area contributed by atoms with Crippen molar-refractivity contribution in [1.29, 1.82) is 0 Å². The highest BCUT2D eigenvalue weighted by Crippen LogP contribution is 2.44. The van der Waals surface area contributed by atoms with Crippen LogP contribution in [0.15, 0.2) is 115 Å². The summed E-state index contributed by atoms with van der Waals surface area (Å²) in [6, 6.07) is 33.6. The van der Waals surface area contributed by atoms with Crippen LogP contribution >= 0.6 is 0 Å². The van der Waals surface area contributed by atoms with Crippen LogP contribution in [0, 0.1) is 0 Å². The number of ether oxygens (including phenoxy) is 15. The summed E-state index contributed by atoms with van der Waals surface area (Å²) in [5, 5.41) is 2.52. The molecule has 0 bridgehead atoms. The first-order chi connectivity index (χ1) is 40.6. The maximum absolute atomic E-state index is 13.8. The molecule has 0 radical (unpaired) electrons. The van der Waals surface area contributed by atoms with E-state index in [4.69, 9.17) is 75.5 Å². The molecule has 22 nitrogen and oxygen atoms in total. The Balaban J connectivity index is 1.25. The zero-order chi connectivity index (χ0) is 61.0. The summed E-state index contributed by atoms with van der Waals surface area (Å²) in [6.45, 7) is 15.8. The van der Waals surface area contributed by atoms with Crippen LogP contribution in [0.2, 0.25) is 18.1 Å². The Bertz CT molecular complexity index is 2810. The second kappa shape index (κ2) is 29.4. The van der Waals surface area contributed by atoms with Gasteiger partial charge in [0, 0.05) is 40.2 Å². The predicted octanol–water partition coefficient (Wildman–Crippen LogP) is 7.19. The molecule has 0 spiro atoms. The van der Waals surface area contributed by atoms with Crippen LogP contribution in [0.5, 0.6) is 11.5 Å². The summed E-state index contributed by atoms with van der Waals surface area (Å²) < 4.78 is 104. The van der Waals surface area contributed by atoms with Gasteiger partial charge in [0.05, 0.1) is 33.5 Å². The zero-order valence-corrected chi connectivity index (χ0v) is 50.8. The molecule has 4 fully saturated rings. The number of carbonyl (C=O) groups is 5. The van der Waals surface area contributed by atoms with Crippen molar-refractivity contribution in [1.82, 2.24) is 5.32 Å². The van der Waals surface area contributed by atoms with Gasteiger partial charge in [-0.05, 0) is 53.5 Å². The average Bonchev–Trinajstić information content (AvgIpc) is 1.71. The molecular weight excluding hydrogens is 1120 g/mol. The molecule has 16 atom stereocenters. The summed E-state index contributed by atoms with van der Waals surface area (Å²) in [6.07, 6.45) is -19.6. The quantitative estimate of drug-likeness (QED) is 0.0439. The third kappa shape index (κ3) is 17.2. The number of methoxy groups -OCH3 is 1. The van der Waals surface area contributed by atoms with Crippen molar-refractivity contribution >= 4 is 38.1 Å². The van der Waals surface area contributed by atoms with Gasteiger partial charge < -0.3 is 80.8 Å². The van der Waals surface area contributed by atoms with E-state index in [1.807, 2.05) is 66.7 Å². The topological polar surface area (TPSA) is 245 Å². The third-order valence-corrected chi connectivity index (χ3v) is 19.6. The van der Waals surface area contributed by atoms with Crippen molar-refractivity contribution in [2.75, 3.05) is 26.9 Å². The molecule has 4 aliphatic heterocycles. The molecule has 1 unspecified atom stereocenters. The second-order valence-corrected chi connectivity index (χ2v) is 27.4. The molecule has 1 N–H and O–H groups in total. The molecule has 4 saturated heterocycles. The first kappa shape index (κ1) is 64.6. The van der Waals surface area contributed by atoms with Gasteiger partial charge in [0.1, 0.15) is 73.0 Å². The minimum atomic E-state index is -2.92. The molecule has 8 rings (SSSR count). The van der Waals surface area contributed by atoms with Gasteiger partial charge in [0.25, 0.3) is 0 Å². The first-order valence-electron chi connectivity index (χ1n) is 28.3. The van der Waals surface area contributed by atoms with Crippen LogP contribution in [-0.4, -0.2) is 157 Å².